The molecule has 2 aromatic heterocycles. The molecule has 8 nitrogen and oxygen atoms in total. The second-order valence-electron chi connectivity index (χ2n) is 9.78. The minimum atomic E-state index is -0.225. The molecule has 1 atom stereocenters. The molecule has 3 aromatic rings. The summed E-state index contributed by atoms with van der Waals surface area (Å²) >= 11 is 0. The van der Waals surface area contributed by atoms with Crippen molar-refractivity contribution in [3.05, 3.63) is 46.6 Å². The van der Waals surface area contributed by atoms with Crippen LogP contribution in [-0.4, -0.2) is 43.4 Å². The molecule has 0 spiro atoms. The van der Waals surface area contributed by atoms with Gasteiger partial charge in [-0.05, 0) is 81.2 Å². The van der Waals surface area contributed by atoms with Crippen molar-refractivity contribution < 1.29 is 9.59 Å². The van der Waals surface area contributed by atoms with Crippen LogP contribution in [0.3, 0.4) is 0 Å². The molecule has 8 heteroatoms. The first-order chi connectivity index (χ1) is 15.9. The highest BCUT2D eigenvalue weighted by atomic mass is 16.2. The molecule has 170 valence electrons. The van der Waals surface area contributed by atoms with Crippen molar-refractivity contribution in [1.29, 1.82) is 0 Å². The van der Waals surface area contributed by atoms with Gasteiger partial charge in [-0.3, -0.25) is 9.59 Å². The molecule has 3 N–H and O–H groups in total. The van der Waals surface area contributed by atoms with Gasteiger partial charge in [0.25, 0.3) is 11.8 Å². The van der Waals surface area contributed by atoms with Crippen LogP contribution in [0.15, 0.2) is 24.4 Å². The molecule has 0 bridgehead atoms. The Labute approximate surface area is 192 Å². The summed E-state index contributed by atoms with van der Waals surface area (Å²) in [4.78, 5) is 32.7. The smallest absolute Gasteiger partial charge is 0.259 e. The molecule has 33 heavy (non-hydrogen) atoms. The third-order valence-corrected chi connectivity index (χ3v) is 7.50. The minimum absolute atomic E-state index is 0.135. The fourth-order valence-electron chi connectivity index (χ4n) is 5.13. The topological polar surface area (TPSA) is 106 Å². The van der Waals surface area contributed by atoms with Crippen LogP contribution in [0.2, 0.25) is 0 Å². The van der Waals surface area contributed by atoms with Crippen molar-refractivity contribution in [3.8, 4) is 11.3 Å². The second-order valence-corrected chi connectivity index (χ2v) is 9.78. The summed E-state index contributed by atoms with van der Waals surface area (Å²) in [7, 11) is 0. The molecular formula is C25H28N6O2. The van der Waals surface area contributed by atoms with Gasteiger partial charge in [0.2, 0.25) is 0 Å². The largest absolute Gasteiger partial charge is 0.381 e. The van der Waals surface area contributed by atoms with Gasteiger partial charge in [-0.15, -0.1) is 5.10 Å². The summed E-state index contributed by atoms with van der Waals surface area (Å²) < 4.78 is 1.55. The summed E-state index contributed by atoms with van der Waals surface area (Å²) in [6, 6.07) is 6.42. The Bertz CT molecular complexity index is 1300. The van der Waals surface area contributed by atoms with Crippen LogP contribution in [0.5, 0.6) is 0 Å². The first-order valence-corrected chi connectivity index (χ1v) is 11.8. The highest BCUT2D eigenvalue weighted by Crippen LogP contribution is 2.39. The zero-order chi connectivity index (χ0) is 22.9. The van der Waals surface area contributed by atoms with Crippen LogP contribution in [0, 0.1) is 12.8 Å². The number of nitrogen functional groups attached to an aromatic ring is 1. The quantitative estimate of drug-likeness (QED) is 0.628. The van der Waals surface area contributed by atoms with E-state index in [1.807, 2.05) is 24.0 Å². The summed E-state index contributed by atoms with van der Waals surface area (Å²) in [6.45, 7) is 4.78. The van der Waals surface area contributed by atoms with Crippen molar-refractivity contribution in [2.45, 2.75) is 64.6 Å². The van der Waals surface area contributed by atoms with E-state index in [2.05, 4.69) is 23.4 Å². The third-order valence-electron chi connectivity index (χ3n) is 7.50. The monoisotopic (exact) mass is 444 g/mol. The highest BCUT2D eigenvalue weighted by Gasteiger charge is 2.39. The maximum atomic E-state index is 13.1. The van der Waals surface area contributed by atoms with Gasteiger partial charge in [-0.1, -0.05) is 0 Å². The van der Waals surface area contributed by atoms with Gasteiger partial charge in [0.15, 0.2) is 11.5 Å². The lowest BCUT2D eigenvalue weighted by atomic mass is 9.93. The lowest BCUT2D eigenvalue weighted by Gasteiger charge is -2.26. The number of amides is 2. The van der Waals surface area contributed by atoms with Gasteiger partial charge in [0, 0.05) is 36.0 Å². The van der Waals surface area contributed by atoms with Crippen molar-refractivity contribution in [2.24, 2.45) is 5.92 Å². The van der Waals surface area contributed by atoms with Gasteiger partial charge in [0.05, 0.1) is 5.69 Å². The van der Waals surface area contributed by atoms with Gasteiger partial charge < -0.3 is 16.0 Å². The van der Waals surface area contributed by atoms with Crippen LogP contribution in [-0.2, 0) is 6.54 Å². The standard InChI is InChI=1S/C25H28N6O2/c1-13-10-16(11-17-12-30(25(33)20(13)17)14(2)15-6-7-15)19-8-9-31-23(28-19)21(22(26)29-31)24(32)27-18-4-3-5-18/h8-11,14-15,18H,3-7,12H2,1-2H3,(H2,26,29)(H,27,32). The average molecular weight is 445 g/mol. The maximum Gasteiger partial charge on any atom is 0.259 e. The number of nitrogens with zero attached hydrogens (tertiary/aromatic N) is 4. The second kappa shape index (κ2) is 7.30. The predicted molar refractivity (Wildman–Crippen MR) is 125 cm³/mol. The molecule has 2 saturated carbocycles. The lowest BCUT2D eigenvalue weighted by Crippen LogP contribution is -2.39. The summed E-state index contributed by atoms with van der Waals surface area (Å²) in [5.74, 6) is 0.716. The number of rotatable bonds is 5. The van der Waals surface area contributed by atoms with E-state index in [0.717, 1.165) is 47.2 Å². The number of fused-ring (bicyclic) bond motifs is 2. The number of aryl methyl sites for hydroxylation is 1. The van der Waals surface area contributed by atoms with Gasteiger partial charge in [-0.2, -0.15) is 0 Å². The average Bonchev–Trinajstić information content (AvgIpc) is 3.47. The number of carbonyl (C=O) groups excluding carboxylic acids is 2. The first kappa shape index (κ1) is 20.2. The number of nitrogens with two attached hydrogens (primary N) is 1. The van der Waals surface area contributed by atoms with Crippen molar-refractivity contribution in [3.63, 3.8) is 0 Å². The van der Waals surface area contributed by atoms with E-state index in [9.17, 15) is 9.59 Å². The Balaban J connectivity index is 1.36. The van der Waals surface area contributed by atoms with E-state index >= 15 is 0 Å². The number of anilines is 1. The molecule has 1 aromatic carbocycles. The SMILES string of the molecule is Cc1cc(-c2ccn3nc(N)c(C(=O)NC4CCC4)c3n2)cc2c1C(=O)N(C(C)C1CC1)C2. The fourth-order valence-corrected chi connectivity index (χ4v) is 5.13. The minimum Gasteiger partial charge on any atom is -0.381 e. The van der Waals surface area contributed by atoms with E-state index in [1.54, 1.807) is 10.7 Å². The van der Waals surface area contributed by atoms with E-state index in [0.29, 0.717) is 23.7 Å². The van der Waals surface area contributed by atoms with Crippen LogP contribution in [0.25, 0.3) is 16.9 Å². The Kier molecular flexibility index (Phi) is 4.47. The van der Waals surface area contributed by atoms with E-state index in [4.69, 9.17) is 10.7 Å². The zero-order valence-corrected chi connectivity index (χ0v) is 19.0. The number of hydrogen-bond donors (Lipinski definition) is 2. The highest BCUT2D eigenvalue weighted by molar-refractivity contribution is 6.04. The Morgan fingerprint density at radius 2 is 2.03 bits per heavy atom. The van der Waals surface area contributed by atoms with E-state index < -0.39 is 0 Å². The normalized spacial score (nSPS) is 19.0. The molecule has 0 saturated heterocycles. The van der Waals surface area contributed by atoms with E-state index in [1.165, 1.54) is 12.8 Å². The fraction of sp³-hybridized carbons (Fsp3) is 0.440. The van der Waals surface area contributed by atoms with Crippen LogP contribution in [0.1, 0.15) is 70.9 Å². The number of aromatic nitrogens is 3. The summed E-state index contributed by atoms with van der Waals surface area (Å²) in [6.07, 6.45) is 7.32. The van der Waals surface area contributed by atoms with Gasteiger partial charge >= 0.3 is 0 Å². The molecular weight excluding hydrogens is 416 g/mol. The molecule has 2 fully saturated rings. The van der Waals surface area contributed by atoms with Crippen LogP contribution in [0.4, 0.5) is 5.82 Å². The van der Waals surface area contributed by atoms with E-state index in [-0.39, 0.29) is 29.7 Å². The summed E-state index contributed by atoms with van der Waals surface area (Å²) in [5, 5.41) is 7.31. The maximum absolute atomic E-state index is 13.1. The van der Waals surface area contributed by atoms with Crippen molar-refractivity contribution in [2.75, 3.05) is 5.73 Å². The zero-order valence-electron chi connectivity index (χ0n) is 19.0. The molecule has 0 radical (unpaired) electrons. The Morgan fingerprint density at radius 1 is 1.24 bits per heavy atom. The van der Waals surface area contributed by atoms with Crippen molar-refractivity contribution >= 4 is 23.3 Å². The molecule has 2 amide bonds. The molecule has 1 aliphatic heterocycles. The van der Waals surface area contributed by atoms with Gasteiger partial charge in [0.1, 0.15) is 5.56 Å². The number of benzene rings is 1. The van der Waals surface area contributed by atoms with Crippen LogP contribution < -0.4 is 11.1 Å². The number of nitrogens with one attached hydrogen (secondary N) is 1. The lowest BCUT2D eigenvalue weighted by molar-refractivity contribution is 0.0696. The molecule has 2 aliphatic carbocycles. The molecule has 3 heterocycles. The van der Waals surface area contributed by atoms with Crippen LogP contribution >= 0.6 is 0 Å². The third kappa shape index (κ3) is 3.27. The predicted octanol–water partition coefficient (Wildman–Crippen LogP) is 3.32. The molecule has 3 aliphatic rings. The molecule has 6 rings (SSSR count). The first-order valence-electron chi connectivity index (χ1n) is 11.8. The summed E-state index contributed by atoms with van der Waals surface area (Å²) in [5.41, 5.74) is 11.3. The Hall–Kier alpha value is -3.42. The van der Waals surface area contributed by atoms with Gasteiger partial charge in [-0.25, -0.2) is 9.50 Å². The molecule has 1 unspecified atom stereocenters. The number of carbonyl (C=O) groups is 2. The van der Waals surface area contributed by atoms with Crippen molar-refractivity contribution in [1.82, 2.24) is 24.8 Å². The number of hydrogen-bond acceptors (Lipinski definition) is 5. The Morgan fingerprint density at radius 3 is 2.73 bits per heavy atom.